The lowest BCUT2D eigenvalue weighted by molar-refractivity contribution is -0.151. The maximum atomic E-state index is 13.2. The van der Waals surface area contributed by atoms with Gasteiger partial charge in [-0.1, -0.05) is 216 Å². The molecular weight excluding hydrogens is 755 g/mol. The minimum Gasteiger partial charge on any atom is -0.462 e. The molecule has 0 saturated carbocycles. The Morgan fingerprint density at radius 1 is 0.492 bits per heavy atom. The van der Waals surface area contributed by atoms with E-state index in [2.05, 4.69) is 86.8 Å². The van der Waals surface area contributed by atoms with Crippen LogP contribution in [0.2, 0.25) is 0 Å². The van der Waals surface area contributed by atoms with Crippen molar-refractivity contribution in [3.63, 3.8) is 0 Å². The number of carbonyl (C=O) groups excluding carboxylic acids is 2. The second kappa shape index (κ2) is 48.6. The van der Waals surface area contributed by atoms with E-state index in [0.29, 0.717) is 19.3 Å². The highest BCUT2D eigenvalue weighted by Crippen LogP contribution is 2.17. The van der Waals surface area contributed by atoms with Crippen LogP contribution >= 0.6 is 0 Å². The van der Waals surface area contributed by atoms with Crippen LogP contribution in [0.4, 0.5) is 0 Å². The SMILES string of the molecule is CC/C=C/C/C=C/C/C=C/C/C=C/CCCC(CC(=O)NC(CO)C(O)CCCCCCCCCCCCC)OC(=O)CCCCCCCCC/C=C/CCCCCCCC. The molecule has 0 aromatic carbocycles. The van der Waals surface area contributed by atoms with Crippen LogP contribution in [0.25, 0.3) is 0 Å². The summed E-state index contributed by atoms with van der Waals surface area (Å²) < 4.78 is 5.91. The van der Waals surface area contributed by atoms with Crippen LogP contribution < -0.4 is 5.32 Å². The molecule has 0 aliphatic heterocycles. The van der Waals surface area contributed by atoms with Crippen molar-refractivity contribution in [1.29, 1.82) is 0 Å². The Hall–Kier alpha value is -2.44. The molecule has 0 heterocycles. The van der Waals surface area contributed by atoms with E-state index in [1.54, 1.807) is 0 Å². The molecule has 3 unspecified atom stereocenters. The predicted molar refractivity (Wildman–Crippen MR) is 264 cm³/mol. The number of hydrogen-bond donors (Lipinski definition) is 3. The highest BCUT2D eigenvalue weighted by molar-refractivity contribution is 5.77. The van der Waals surface area contributed by atoms with Crippen LogP contribution in [0.3, 0.4) is 0 Å². The molecule has 6 nitrogen and oxygen atoms in total. The molecule has 0 fully saturated rings. The van der Waals surface area contributed by atoms with E-state index in [4.69, 9.17) is 4.74 Å². The number of esters is 1. The molecule has 1 amide bonds. The standard InChI is InChI=1S/C55H99NO5/c1-4-7-10-13-16-19-22-24-26-27-28-30-33-36-39-42-45-48-55(60)61-51(46-43-40-37-34-32-29-25-23-20-17-14-11-8-5-2)49-54(59)56-52(50-57)53(58)47-44-41-38-35-31-21-18-15-12-9-6-3/h8,11,17,20,24-26,29,34,37,51-53,57-58H,4-7,9-10,12-16,18-19,21-23,27-28,30-33,35-36,38-50H2,1-3H3,(H,56,59)/b11-8+,20-17+,26-24+,29-25+,37-34+. The van der Waals surface area contributed by atoms with Gasteiger partial charge in [0, 0.05) is 6.42 Å². The highest BCUT2D eigenvalue weighted by Gasteiger charge is 2.24. The third-order valence-electron chi connectivity index (χ3n) is 11.6. The monoisotopic (exact) mass is 854 g/mol. The number of allylic oxidation sites excluding steroid dienone is 10. The summed E-state index contributed by atoms with van der Waals surface area (Å²) in [7, 11) is 0. The van der Waals surface area contributed by atoms with Crippen LogP contribution in [-0.2, 0) is 14.3 Å². The Kier molecular flexibility index (Phi) is 46.6. The molecule has 3 N–H and O–H groups in total. The first kappa shape index (κ1) is 58.6. The fourth-order valence-electron chi connectivity index (χ4n) is 7.66. The van der Waals surface area contributed by atoms with Gasteiger partial charge in [-0.05, 0) is 83.5 Å². The van der Waals surface area contributed by atoms with Crippen molar-refractivity contribution in [3.8, 4) is 0 Å². The van der Waals surface area contributed by atoms with E-state index in [1.165, 1.54) is 128 Å². The van der Waals surface area contributed by atoms with Crippen LogP contribution in [0.15, 0.2) is 60.8 Å². The third-order valence-corrected chi connectivity index (χ3v) is 11.6. The minimum atomic E-state index is -0.803. The van der Waals surface area contributed by atoms with E-state index >= 15 is 0 Å². The van der Waals surface area contributed by atoms with Gasteiger partial charge >= 0.3 is 5.97 Å². The summed E-state index contributed by atoms with van der Waals surface area (Å²) in [5, 5.41) is 23.7. The lowest BCUT2D eigenvalue weighted by Gasteiger charge is -2.24. The topological polar surface area (TPSA) is 95.9 Å². The third kappa shape index (κ3) is 44.0. The summed E-state index contributed by atoms with van der Waals surface area (Å²) in [6.45, 7) is 6.34. The molecule has 6 heteroatoms. The number of hydrogen-bond acceptors (Lipinski definition) is 5. The molecule has 0 saturated heterocycles. The van der Waals surface area contributed by atoms with E-state index in [-0.39, 0.29) is 24.9 Å². The van der Waals surface area contributed by atoms with Gasteiger partial charge < -0.3 is 20.3 Å². The maximum Gasteiger partial charge on any atom is 0.306 e. The first-order chi connectivity index (χ1) is 30.0. The quantitative estimate of drug-likeness (QED) is 0.0322. The maximum absolute atomic E-state index is 13.2. The van der Waals surface area contributed by atoms with Gasteiger partial charge in [0.1, 0.15) is 6.10 Å². The summed E-state index contributed by atoms with van der Waals surface area (Å²) in [4.78, 5) is 26.1. The van der Waals surface area contributed by atoms with Gasteiger partial charge in [-0.25, -0.2) is 0 Å². The largest absolute Gasteiger partial charge is 0.462 e. The van der Waals surface area contributed by atoms with Crippen molar-refractivity contribution in [2.24, 2.45) is 0 Å². The number of nitrogens with one attached hydrogen (secondary N) is 1. The van der Waals surface area contributed by atoms with Gasteiger partial charge in [0.15, 0.2) is 0 Å². The van der Waals surface area contributed by atoms with Crippen molar-refractivity contribution in [1.82, 2.24) is 5.32 Å². The number of rotatable bonds is 46. The van der Waals surface area contributed by atoms with Crippen molar-refractivity contribution in [2.45, 2.75) is 270 Å². The zero-order valence-electron chi connectivity index (χ0n) is 40.3. The average Bonchev–Trinajstić information content (AvgIpc) is 3.25. The van der Waals surface area contributed by atoms with Crippen molar-refractivity contribution in [3.05, 3.63) is 60.8 Å². The molecule has 61 heavy (non-hydrogen) atoms. The van der Waals surface area contributed by atoms with E-state index < -0.39 is 18.2 Å². The van der Waals surface area contributed by atoms with Crippen molar-refractivity contribution >= 4 is 11.9 Å². The Morgan fingerprint density at radius 3 is 1.39 bits per heavy atom. The number of unbranched alkanes of at least 4 members (excludes halogenated alkanes) is 24. The van der Waals surface area contributed by atoms with Crippen LogP contribution in [-0.4, -0.2) is 46.9 Å². The van der Waals surface area contributed by atoms with Crippen LogP contribution in [0, 0.1) is 0 Å². The average molecular weight is 854 g/mol. The molecule has 0 spiro atoms. The second-order valence-corrected chi connectivity index (χ2v) is 17.5. The lowest BCUT2D eigenvalue weighted by atomic mass is 10.0. The fraction of sp³-hybridized carbons (Fsp3) is 0.782. The molecule has 0 aromatic rings. The molecule has 0 aliphatic rings. The summed E-state index contributed by atoms with van der Waals surface area (Å²) in [6.07, 6.45) is 60.0. The zero-order chi connectivity index (χ0) is 44.5. The highest BCUT2D eigenvalue weighted by atomic mass is 16.5. The summed E-state index contributed by atoms with van der Waals surface area (Å²) >= 11 is 0. The van der Waals surface area contributed by atoms with Gasteiger partial charge in [-0.2, -0.15) is 0 Å². The minimum absolute atomic E-state index is 0.0375. The number of amides is 1. The molecule has 0 radical (unpaired) electrons. The molecule has 354 valence electrons. The molecule has 0 bridgehead atoms. The van der Waals surface area contributed by atoms with E-state index in [0.717, 1.165) is 77.0 Å². The summed E-state index contributed by atoms with van der Waals surface area (Å²) in [6, 6.07) is -0.720. The molecule has 0 aliphatic carbocycles. The van der Waals surface area contributed by atoms with Gasteiger partial charge in [-0.15, -0.1) is 0 Å². The van der Waals surface area contributed by atoms with E-state index in [1.807, 2.05) is 0 Å². The van der Waals surface area contributed by atoms with Gasteiger partial charge in [-0.3, -0.25) is 9.59 Å². The molecule has 0 rings (SSSR count). The lowest BCUT2D eigenvalue weighted by Crippen LogP contribution is -2.46. The molecule has 0 aromatic heterocycles. The second-order valence-electron chi connectivity index (χ2n) is 17.5. The Labute approximate surface area is 378 Å². The normalized spacial score (nSPS) is 13.7. The summed E-state index contributed by atoms with van der Waals surface area (Å²) in [5.41, 5.74) is 0. The first-order valence-electron chi connectivity index (χ1n) is 26.0. The van der Waals surface area contributed by atoms with Gasteiger partial charge in [0.25, 0.3) is 0 Å². The summed E-state index contributed by atoms with van der Waals surface area (Å²) in [5.74, 6) is -0.531. The smallest absolute Gasteiger partial charge is 0.306 e. The zero-order valence-corrected chi connectivity index (χ0v) is 40.3. The van der Waals surface area contributed by atoms with Crippen molar-refractivity contribution in [2.75, 3.05) is 6.61 Å². The number of ether oxygens (including phenoxy) is 1. The number of aliphatic hydroxyl groups is 2. The first-order valence-corrected chi connectivity index (χ1v) is 26.0. The number of carbonyl (C=O) groups is 2. The predicted octanol–water partition coefficient (Wildman–Crippen LogP) is 15.6. The fourth-order valence-corrected chi connectivity index (χ4v) is 7.66. The molecule has 3 atom stereocenters. The number of aliphatic hydroxyl groups excluding tert-OH is 2. The Balaban J connectivity index is 4.64. The van der Waals surface area contributed by atoms with Gasteiger partial charge in [0.2, 0.25) is 5.91 Å². The van der Waals surface area contributed by atoms with Crippen LogP contribution in [0.5, 0.6) is 0 Å². The van der Waals surface area contributed by atoms with E-state index in [9.17, 15) is 19.8 Å². The Morgan fingerprint density at radius 2 is 0.902 bits per heavy atom. The Bertz CT molecular complexity index is 1090. The molecular formula is C55H99NO5. The van der Waals surface area contributed by atoms with Gasteiger partial charge in [0.05, 0.1) is 25.2 Å². The van der Waals surface area contributed by atoms with Crippen molar-refractivity contribution < 1.29 is 24.5 Å². The van der Waals surface area contributed by atoms with Crippen LogP contribution in [0.1, 0.15) is 252 Å².